The van der Waals surface area contributed by atoms with Gasteiger partial charge in [-0.05, 0) is 46.6 Å². The van der Waals surface area contributed by atoms with Gasteiger partial charge in [-0.15, -0.1) is 0 Å². The van der Waals surface area contributed by atoms with Crippen molar-refractivity contribution in [2.24, 2.45) is 0 Å². The van der Waals surface area contributed by atoms with Crippen molar-refractivity contribution in [3.63, 3.8) is 0 Å². The number of ketones is 1. The van der Waals surface area contributed by atoms with E-state index in [0.29, 0.717) is 27.1 Å². The average Bonchev–Trinajstić information content (AvgIpc) is 2.49. The zero-order chi connectivity index (χ0) is 15.6. The molecule has 0 aliphatic carbocycles. The Morgan fingerprint density at radius 3 is 2.19 bits per heavy atom. The first kappa shape index (κ1) is 16.0. The number of methoxy groups -OCH3 is 2. The quantitative estimate of drug-likeness (QED) is 0.677. The lowest BCUT2D eigenvalue weighted by Crippen LogP contribution is -2.06. The molecule has 2 aromatic rings. The van der Waals surface area contributed by atoms with Crippen LogP contribution in [0, 0.1) is 6.92 Å². The van der Waals surface area contributed by atoms with Crippen LogP contribution in [0.25, 0.3) is 0 Å². The number of benzene rings is 2. The van der Waals surface area contributed by atoms with Gasteiger partial charge in [-0.1, -0.05) is 28.1 Å². The lowest BCUT2D eigenvalue weighted by molar-refractivity contribution is 0.103. The van der Waals surface area contributed by atoms with Gasteiger partial charge in [0.1, 0.15) is 0 Å². The normalized spacial score (nSPS) is 10.3. The van der Waals surface area contributed by atoms with Crippen LogP contribution in [-0.2, 0) is 0 Å². The van der Waals surface area contributed by atoms with E-state index in [1.165, 1.54) is 0 Å². The summed E-state index contributed by atoms with van der Waals surface area (Å²) in [4.78, 5) is 12.8. The molecule has 0 heterocycles. The van der Waals surface area contributed by atoms with Crippen LogP contribution in [0.15, 0.2) is 39.3 Å². The van der Waals surface area contributed by atoms with Gasteiger partial charge in [-0.3, -0.25) is 4.79 Å². The predicted octanol–water partition coefficient (Wildman–Crippen LogP) is 4.77. The molecule has 0 unspecified atom stereocenters. The van der Waals surface area contributed by atoms with Crippen molar-refractivity contribution in [2.45, 2.75) is 6.92 Å². The van der Waals surface area contributed by atoms with Gasteiger partial charge in [0.05, 0.1) is 14.2 Å². The first-order valence-corrected chi connectivity index (χ1v) is 7.79. The predicted molar refractivity (Wildman–Crippen MR) is 89.6 cm³/mol. The van der Waals surface area contributed by atoms with E-state index in [2.05, 4.69) is 31.9 Å². The van der Waals surface area contributed by atoms with Gasteiger partial charge in [0.15, 0.2) is 17.3 Å². The molecule has 2 rings (SSSR count). The first-order chi connectivity index (χ1) is 9.99. The fraction of sp³-hybridized carbons (Fsp3) is 0.188. The summed E-state index contributed by atoms with van der Waals surface area (Å²) in [6.45, 7) is 1.91. The summed E-state index contributed by atoms with van der Waals surface area (Å²) in [5.41, 5.74) is 2.09. The van der Waals surface area contributed by atoms with Crippen molar-refractivity contribution < 1.29 is 14.3 Å². The summed E-state index contributed by atoms with van der Waals surface area (Å²) in [6, 6.07) is 8.99. The molecular formula is C16H14Br2O3. The van der Waals surface area contributed by atoms with E-state index in [9.17, 15) is 4.79 Å². The Kier molecular flexibility index (Phi) is 5.06. The monoisotopic (exact) mass is 412 g/mol. The van der Waals surface area contributed by atoms with Gasteiger partial charge in [0.2, 0.25) is 0 Å². The van der Waals surface area contributed by atoms with Crippen LogP contribution in [-0.4, -0.2) is 20.0 Å². The second kappa shape index (κ2) is 6.62. The van der Waals surface area contributed by atoms with Crippen LogP contribution in [0.4, 0.5) is 0 Å². The van der Waals surface area contributed by atoms with Gasteiger partial charge in [-0.25, -0.2) is 0 Å². The van der Waals surface area contributed by atoms with Crippen LogP contribution in [0.5, 0.6) is 11.5 Å². The van der Waals surface area contributed by atoms with Crippen molar-refractivity contribution in [3.05, 3.63) is 56.0 Å². The lowest BCUT2D eigenvalue weighted by Gasteiger charge is -2.12. The molecule has 0 aliphatic rings. The van der Waals surface area contributed by atoms with Crippen molar-refractivity contribution >= 4 is 37.6 Å². The van der Waals surface area contributed by atoms with Crippen LogP contribution in [0.3, 0.4) is 0 Å². The van der Waals surface area contributed by atoms with E-state index >= 15 is 0 Å². The Labute approximate surface area is 140 Å². The summed E-state index contributed by atoms with van der Waals surface area (Å²) in [6.07, 6.45) is 0. The average molecular weight is 414 g/mol. The smallest absolute Gasteiger partial charge is 0.194 e. The molecule has 110 valence electrons. The lowest BCUT2D eigenvalue weighted by atomic mass is 9.99. The molecule has 0 amide bonds. The Bertz CT molecular complexity index is 696. The first-order valence-electron chi connectivity index (χ1n) is 6.21. The van der Waals surface area contributed by atoms with Crippen molar-refractivity contribution in [2.75, 3.05) is 14.2 Å². The van der Waals surface area contributed by atoms with Crippen molar-refractivity contribution in [3.8, 4) is 11.5 Å². The Balaban J connectivity index is 2.56. The highest BCUT2D eigenvalue weighted by Gasteiger charge is 2.19. The Morgan fingerprint density at radius 2 is 1.57 bits per heavy atom. The topological polar surface area (TPSA) is 35.5 Å². The second-order valence-corrected chi connectivity index (χ2v) is 6.14. The van der Waals surface area contributed by atoms with E-state index in [-0.39, 0.29) is 5.78 Å². The number of hydrogen-bond acceptors (Lipinski definition) is 3. The van der Waals surface area contributed by atoms with Gasteiger partial charge < -0.3 is 9.47 Å². The van der Waals surface area contributed by atoms with E-state index in [4.69, 9.17) is 9.47 Å². The summed E-state index contributed by atoms with van der Waals surface area (Å²) in [7, 11) is 3.11. The maximum Gasteiger partial charge on any atom is 0.194 e. The molecule has 0 spiro atoms. The van der Waals surface area contributed by atoms with Crippen molar-refractivity contribution in [1.29, 1.82) is 0 Å². The largest absolute Gasteiger partial charge is 0.493 e. The molecule has 0 N–H and O–H groups in total. The molecule has 0 saturated heterocycles. The van der Waals surface area contributed by atoms with Crippen LogP contribution < -0.4 is 9.47 Å². The highest BCUT2D eigenvalue weighted by Crippen LogP contribution is 2.35. The van der Waals surface area contributed by atoms with Crippen LogP contribution >= 0.6 is 31.9 Å². The minimum absolute atomic E-state index is 0.0679. The third-order valence-corrected chi connectivity index (χ3v) is 4.75. The maximum absolute atomic E-state index is 12.8. The number of carbonyl (C=O) groups is 1. The Morgan fingerprint density at radius 1 is 0.952 bits per heavy atom. The zero-order valence-corrected chi connectivity index (χ0v) is 15.0. The summed E-state index contributed by atoms with van der Waals surface area (Å²) in [5, 5.41) is 0. The van der Waals surface area contributed by atoms with E-state index in [1.54, 1.807) is 26.4 Å². The number of rotatable bonds is 4. The highest BCUT2D eigenvalue weighted by atomic mass is 79.9. The van der Waals surface area contributed by atoms with Gasteiger partial charge in [0.25, 0.3) is 0 Å². The third-order valence-electron chi connectivity index (χ3n) is 3.23. The number of ether oxygens (including phenoxy) is 2. The minimum Gasteiger partial charge on any atom is -0.493 e. The molecule has 0 aromatic heterocycles. The van der Waals surface area contributed by atoms with Crippen LogP contribution in [0.1, 0.15) is 21.5 Å². The van der Waals surface area contributed by atoms with Crippen LogP contribution in [0.2, 0.25) is 0 Å². The van der Waals surface area contributed by atoms with Gasteiger partial charge in [0, 0.05) is 20.1 Å². The molecule has 21 heavy (non-hydrogen) atoms. The van der Waals surface area contributed by atoms with Gasteiger partial charge >= 0.3 is 0 Å². The zero-order valence-electron chi connectivity index (χ0n) is 11.9. The molecule has 3 nitrogen and oxygen atoms in total. The second-order valence-electron chi connectivity index (χ2n) is 4.43. The number of carbonyl (C=O) groups excluding carboxylic acids is 1. The molecule has 0 radical (unpaired) electrons. The molecular weight excluding hydrogens is 400 g/mol. The maximum atomic E-state index is 12.8. The minimum atomic E-state index is -0.0679. The molecule has 0 fully saturated rings. The highest BCUT2D eigenvalue weighted by molar-refractivity contribution is 9.10. The molecule has 0 bridgehead atoms. The van der Waals surface area contributed by atoms with E-state index in [1.807, 2.05) is 25.1 Å². The van der Waals surface area contributed by atoms with E-state index in [0.717, 1.165) is 10.0 Å². The fourth-order valence-corrected chi connectivity index (χ4v) is 2.90. The van der Waals surface area contributed by atoms with Crippen molar-refractivity contribution in [1.82, 2.24) is 0 Å². The third kappa shape index (κ3) is 3.14. The molecule has 0 atom stereocenters. The fourth-order valence-electron chi connectivity index (χ4n) is 2.03. The Hall–Kier alpha value is -1.33. The number of hydrogen-bond donors (Lipinski definition) is 0. The van der Waals surface area contributed by atoms with E-state index < -0.39 is 0 Å². The summed E-state index contributed by atoms with van der Waals surface area (Å²) >= 11 is 6.87. The SMILES string of the molecule is COc1cc(Br)c(C(=O)c2cccc(Br)c2C)cc1OC. The number of halogens is 2. The summed E-state index contributed by atoms with van der Waals surface area (Å²) < 4.78 is 12.1. The molecule has 0 aliphatic heterocycles. The molecule has 5 heteroatoms. The van der Waals surface area contributed by atoms with Gasteiger partial charge in [-0.2, -0.15) is 0 Å². The molecule has 2 aromatic carbocycles. The molecule has 0 saturated carbocycles. The summed E-state index contributed by atoms with van der Waals surface area (Å²) in [5.74, 6) is 1.03. The standard InChI is InChI=1S/C16H14Br2O3/c1-9-10(5-4-6-12(9)17)16(19)11-7-14(20-2)15(21-3)8-13(11)18/h4-8H,1-3H3.